The van der Waals surface area contributed by atoms with Crippen molar-refractivity contribution in [3.8, 4) is 5.75 Å². The molecule has 3 N–H and O–H groups in total. The van der Waals surface area contributed by atoms with E-state index in [9.17, 15) is 14.3 Å². The third-order valence-corrected chi connectivity index (χ3v) is 3.30. The molecule has 6 heteroatoms. The van der Waals surface area contributed by atoms with Gasteiger partial charge in [-0.2, -0.15) is 0 Å². The zero-order chi connectivity index (χ0) is 15.5. The molecule has 1 aromatic heterocycles. The molecule has 0 saturated carbocycles. The summed E-state index contributed by atoms with van der Waals surface area (Å²) in [7, 11) is 0. The van der Waals surface area contributed by atoms with Crippen LogP contribution in [0.25, 0.3) is 11.0 Å². The highest BCUT2D eigenvalue weighted by Gasteiger charge is 2.15. The molecular weight excluding hydrogens is 285 g/mol. The summed E-state index contributed by atoms with van der Waals surface area (Å²) in [5.41, 5.74) is 1.44. The zero-order valence-corrected chi connectivity index (χ0v) is 11.6. The predicted molar refractivity (Wildman–Crippen MR) is 80.2 cm³/mol. The number of phenols is 1. The molecule has 5 nitrogen and oxygen atoms in total. The van der Waals surface area contributed by atoms with Gasteiger partial charge in [0.25, 0.3) is 5.91 Å². The number of halogens is 1. The fraction of sp³-hybridized carbons (Fsp3) is 0.125. The Bertz CT molecular complexity index is 776. The van der Waals surface area contributed by atoms with E-state index >= 15 is 0 Å². The second-order valence-corrected chi connectivity index (χ2v) is 4.84. The van der Waals surface area contributed by atoms with Gasteiger partial charge in [-0.1, -0.05) is 18.2 Å². The molecule has 1 amide bonds. The minimum absolute atomic E-state index is 0.284. The molecule has 0 radical (unpaired) electrons. The largest absolute Gasteiger partial charge is 0.507 e. The third-order valence-electron chi connectivity index (χ3n) is 3.30. The summed E-state index contributed by atoms with van der Waals surface area (Å²) in [6, 6.07) is 11.4. The molecule has 0 aliphatic carbocycles. The summed E-state index contributed by atoms with van der Waals surface area (Å²) in [6.45, 7) is 0.284. The first kappa shape index (κ1) is 14.1. The van der Waals surface area contributed by atoms with Gasteiger partial charge in [0, 0.05) is 13.0 Å². The van der Waals surface area contributed by atoms with Crippen LogP contribution in [0.2, 0.25) is 0 Å². The van der Waals surface area contributed by atoms with E-state index in [1.165, 1.54) is 12.1 Å². The van der Waals surface area contributed by atoms with Gasteiger partial charge in [0.05, 0.1) is 11.0 Å². The van der Waals surface area contributed by atoms with Crippen LogP contribution in [0.3, 0.4) is 0 Å². The molecule has 2 aromatic carbocycles. The van der Waals surface area contributed by atoms with Crippen molar-refractivity contribution in [2.24, 2.45) is 0 Å². The van der Waals surface area contributed by atoms with Crippen LogP contribution in [0.15, 0.2) is 42.5 Å². The van der Waals surface area contributed by atoms with Gasteiger partial charge in [-0.15, -0.1) is 0 Å². The number of hydrogen-bond acceptors (Lipinski definition) is 3. The number of rotatable bonds is 4. The molecule has 3 rings (SSSR count). The maximum absolute atomic E-state index is 13.6. The van der Waals surface area contributed by atoms with E-state index in [1.54, 1.807) is 0 Å². The number of nitrogens with zero attached hydrogens (tertiary/aromatic N) is 1. The molecule has 0 fully saturated rings. The standard InChI is InChI=1S/C16H14FN3O2/c17-10-4-3-7-13(21)15(10)16(22)18-9-8-14-19-11-5-1-2-6-12(11)20-14/h1-7,21H,8-9H2,(H,18,22)(H,19,20). The van der Waals surface area contributed by atoms with Crippen molar-refractivity contribution < 1.29 is 14.3 Å². The Morgan fingerprint density at radius 1 is 1.23 bits per heavy atom. The Labute approximate surface area is 125 Å². The topological polar surface area (TPSA) is 78.0 Å². The van der Waals surface area contributed by atoms with Gasteiger partial charge in [0.15, 0.2) is 0 Å². The summed E-state index contributed by atoms with van der Waals surface area (Å²) in [5, 5.41) is 12.1. The van der Waals surface area contributed by atoms with E-state index in [-0.39, 0.29) is 17.9 Å². The fourth-order valence-electron chi connectivity index (χ4n) is 2.24. The van der Waals surface area contributed by atoms with Crippen LogP contribution in [-0.2, 0) is 6.42 Å². The van der Waals surface area contributed by atoms with E-state index in [1.807, 2.05) is 24.3 Å². The van der Waals surface area contributed by atoms with Gasteiger partial charge in [0.1, 0.15) is 23.0 Å². The molecule has 1 heterocycles. The molecule has 0 saturated heterocycles. The van der Waals surface area contributed by atoms with E-state index in [4.69, 9.17) is 0 Å². The van der Waals surface area contributed by atoms with Gasteiger partial charge in [-0.05, 0) is 24.3 Å². The predicted octanol–water partition coefficient (Wildman–Crippen LogP) is 2.38. The highest BCUT2D eigenvalue weighted by atomic mass is 19.1. The Morgan fingerprint density at radius 2 is 2.05 bits per heavy atom. The number of aromatic nitrogens is 2. The Balaban J connectivity index is 1.64. The van der Waals surface area contributed by atoms with Gasteiger partial charge in [-0.3, -0.25) is 4.79 Å². The van der Waals surface area contributed by atoms with Gasteiger partial charge in [0.2, 0.25) is 0 Å². The van der Waals surface area contributed by atoms with E-state index < -0.39 is 11.7 Å². The van der Waals surface area contributed by atoms with Crippen LogP contribution in [0, 0.1) is 5.82 Å². The average molecular weight is 299 g/mol. The molecule has 3 aromatic rings. The van der Waals surface area contributed by atoms with E-state index in [0.717, 1.165) is 22.9 Å². The maximum Gasteiger partial charge on any atom is 0.258 e. The summed E-state index contributed by atoms with van der Waals surface area (Å²) in [4.78, 5) is 19.4. The number of phenolic OH excluding ortho intramolecular Hbond substituents is 1. The lowest BCUT2D eigenvalue weighted by Crippen LogP contribution is -2.26. The number of aromatic hydroxyl groups is 1. The van der Waals surface area contributed by atoms with Crippen LogP contribution in [0.1, 0.15) is 16.2 Å². The van der Waals surface area contributed by atoms with Crippen LogP contribution >= 0.6 is 0 Å². The zero-order valence-electron chi connectivity index (χ0n) is 11.6. The molecular formula is C16H14FN3O2. The molecule has 0 aliphatic rings. The number of nitrogens with one attached hydrogen (secondary N) is 2. The summed E-state index contributed by atoms with van der Waals surface area (Å²) >= 11 is 0. The van der Waals surface area contributed by atoms with Crippen LogP contribution in [0.4, 0.5) is 4.39 Å². The Morgan fingerprint density at radius 3 is 2.82 bits per heavy atom. The number of carbonyl (C=O) groups excluding carboxylic acids is 1. The van der Waals surface area contributed by atoms with Crippen LogP contribution in [-0.4, -0.2) is 27.5 Å². The first-order chi connectivity index (χ1) is 10.6. The lowest BCUT2D eigenvalue weighted by atomic mass is 10.1. The minimum Gasteiger partial charge on any atom is -0.507 e. The van der Waals surface area contributed by atoms with Crippen LogP contribution < -0.4 is 5.32 Å². The molecule has 0 aliphatic heterocycles. The Kier molecular flexibility index (Phi) is 3.74. The fourth-order valence-corrected chi connectivity index (χ4v) is 2.24. The summed E-state index contributed by atoms with van der Waals surface area (Å²) in [5.74, 6) is -1.03. The van der Waals surface area contributed by atoms with Gasteiger partial charge in [-0.25, -0.2) is 9.37 Å². The second kappa shape index (κ2) is 5.85. The number of H-pyrrole nitrogens is 1. The number of para-hydroxylation sites is 2. The first-order valence-corrected chi connectivity index (χ1v) is 6.84. The second-order valence-electron chi connectivity index (χ2n) is 4.84. The number of carbonyl (C=O) groups is 1. The average Bonchev–Trinajstić information content (AvgIpc) is 2.89. The minimum atomic E-state index is -0.749. The van der Waals surface area contributed by atoms with Crippen molar-refractivity contribution in [2.45, 2.75) is 6.42 Å². The quantitative estimate of drug-likeness (QED) is 0.692. The highest BCUT2D eigenvalue weighted by molar-refractivity contribution is 5.97. The van der Waals surface area contributed by atoms with Crippen molar-refractivity contribution >= 4 is 16.9 Å². The molecule has 112 valence electrons. The smallest absolute Gasteiger partial charge is 0.258 e. The molecule has 0 spiro atoms. The van der Waals surface area contributed by atoms with Crippen molar-refractivity contribution in [3.63, 3.8) is 0 Å². The lowest BCUT2D eigenvalue weighted by molar-refractivity contribution is 0.0947. The normalized spacial score (nSPS) is 10.8. The maximum atomic E-state index is 13.6. The van der Waals surface area contributed by atoms with Crippen LogP contribution in [0.5, 0.6) is 5.75 Å². The van der Waals surface area contributed by atoms with Gasteiger partial charge < -0.3 is 15.4 Å². The summed E-state index contributed by atoms with van der Waals surface area (Å²) < 4.78 is 13.6. The van der Waals surface area contributed by atoms with E-state index in [0.29, 0.717) is 6.42 Å². The highest BCUT2D eigenvalue weighted by Crippen LogP contribution is 2.19. The van der Waals surface area contributed by atoms with Crippen molar-refractivity contribution in [2.75, 3.05) is 6.54 Å². The molecule has 0 atom stereocenters. The number of aromatic amines is 1. The molecule has 0 bridgehead atoms. The SMILES string of the molecule is O=C(NCCc1nc2ccccc2[nH]1)c1c(O)cccc1F. The molecule has 22 heavy (non-hydrogen) atoms. The molecule has 0 unspecified atom stereocenters. The lowest BCUT2D eigenvalue weighted by Gasteiger charge is -2.06. The van der Waals surface area contributed by atoms with Crippen molar-refractivity contribution in [1.82, 2.24) is 15.3 Å². The first-order valence-electron chi connectivity index (χ1n) is 6.84. The number of amides is 1. The number of hydrogen-bond donors (Lipinski definition) is 3. The third kappa shape index (κ3) is 2.76. The number of fused-ring (bicyclic) bond motifs is 1. The van der Waals surface area contributed by atoms with Crippen molar-refractivity contribution in [1.29, 1.82) is 0 Å². The van der Waals surface area contributed by atoms with Gasteiger partial charge >= 0.3 is 0 Å². The number of benzene rings is 2. The monoisotopic (exact) mass is 299 g/mol. The Hall–Kier alpha value is -2.89. The summed E-state index contributed by atoms with van der Waals surface area (Å²) in [6.07, 6.45) is 0.482. The van der Waals surface area contributed by atoms with Crippen molar-refractivity contribution in [3.05, 3.63) is 59.7 Å². The van der Waals surface area contributed by atoms with E-state index in [2.05, 4.69) is 15.3 Å². The number of imidazole rings is 1.